The largest absolute Gasteiger partial charge is 0.256 e. The molecule has 0 saturated heterocycles. The summed E-state index contributed by atoms with van der Waals surface area (Å²) >= 11 is 0. The van der Waals surface area contributed by atoms with Crippen molar-refractivity contribution in [3.8, 4) is 90.8 Å². The molecule has 14 aromatic rings. The molecule has 0 unspecified atom stereocenters. The zero-order chi connectivity index (χ0) is 47.5. The first-order valence-electron chi connectivity index (χ1n) is 23.9. The van der Waals surface area contributed by atoms with Crippen LogP contribution in [0.3, 0.4) is 0 Å². The molecule has 72 heavy (non-hydrogen) atoms. The van der Waals surface area contributed by atoms with E-state index in [0.717, 1.165) is 110 Å². The highest BCUT2D eigenvalue weighted by molar-refractivity contribution is 6.27. The highest BCUT2D eigenvalue weighted by Crippen LogP contribution is 2.43. The highest BCUT2D eigenvalue weighted by Gasteiger charge is 2.22. The first kappa shape index (κ1) is 41.1. The van der Waals surface area contributed by atoms with Crippen LogP contribution in [0.15, 0.2) is 231 Å². The quantitative estimate of drug-likeness (QED) is 0.139. The van der Waals surface area contributed by atoms with Crippen LogP contribution in [0.5, 0.6) is 0 Å². The number of fused-ring (bicyclic) bond motifs is 2. The van der Waals surface area contributed by atoms with Crippen LogP contribution in [-0.4, -0.2) is 39.9 Å². The lowest BCUT2D eigenvalue weighted by Gasteiger charge is -2.17. The van der Waals surface area contributed by atoms with Crippen molar-refractivity contribution in [2.24, 2.45) is 0 Å². The van der Waals surface area contributed by atoms with Crippen LogP contribution in [0.2, 0.25) is 0 Å². The molecule has 4 heterocycles. The number of rotatable bonds is 8. The predicted octanol–water partition coefficient (Wildman–Crippen LogP) is 15.4. The van der Waals surface area contributed by atoms with Gasteiger partial charge in [-0.15, -0.1) is 0 Å². The molecule has 0 radical (unpaired) electrons. The molecule has 334 valence electrons. The van der Waals surface area contributed by atoms with E-state index in [9.17, 15) is 0 Å². The molecule has 0 aliphatic carbocycles. The Morgan fingerprint density at radius 3 is 1.04 bits per heavy atom. The summed E-state index contributed by atoms with van der Waals surface area (Å²) in [5.41, 5.74) is 9.10. The summed E-state index contributed by atoms with van der Waals surface area (Å²) < 4.78 is 0. The lowest BCUT2D eigenvalue weighted by Crippen LogP contribution is -2.02. The fraction of sp³-hybridized carbons (Fsp3) is 0. The first-order valence-corrected chi connectivity index (χ1v) is 23.9. The molecule has 8 heteroatoms. The summed E-state index contributed by atoms with van der Waals surface area (Å²) in [6.07, 6.45) is 3.62. The van der Waals surface area contributed by atoms with Crippen LogP contribution in [0, 0.1) is 0 Å². The number of hydrogen-bond acceptors (Lipinski definition) is 8. The Balaban J connectivity index is 0.974. The predicted molar refractivity (Wildman–Crippen MR) is 291 cm³/mol. The van der Waals surface area contributed by atoms with Crippen molar-refractivity contribution < 1.29 is 0 Å². The maximum atomic E-state index is 5.35. The molecule has 8 nitrogen and oxygen atoms in total. The average molecular weight is 919 g/mol. The number of pyridine rings is 2. The lowest BCUT2D eigenvalue weighted by molar-refractivity contribution is 1.08. The van der Waals surface area contributed by atoms with E-state index in [2.05, 4.69) is 168 Å². The third kappa shape index (κ3) is 7.08. The van der Waals surface area contributed by atoms with Gasteiger partial charge < -0.3 is 0 Å². The fourth-order valence-corrected chi connectivity index (χ4v) is 10.2. The molecule has 14 rings (SSSR count). The van der Waals surface area contributed by atoms with Crippen LogP contribution in [0.1, 0.15) is 0 Å². The molecule has 0 atom stereocenters. The Hall–Kier alpha value is -9.92. The van der Waals surface area contributed by atoms with Gasteiger partial charge in [0.1, 0.15) is 0 Å². The van der Waals surface area contributed by atoms with Crippen LogP contribution in [-0.2, 0) is 0 Å². The van der Waals surface area contributed by atoms with Gasteiger partial charge in [-0.3, -0.25) is 9.97 Å². The minimum Gasteiger partial charge on any atom is -0.256 e. The number of benzene rings is 10. The second kappa shape index (κ2) is 16.9. The van der Waals surface area contributed by atoms with Crippen molar-refractivity contribution in [3.63, 3.8) is 0 Å². The lowest BCUT2D eigenvalue weighted by atomic mass is 9.89. The average Bonchev–Trinajstić information content (AvgIpc) is 3.46. The fourth-order valence-electron chi connectivity index (χ4n) is 10.2. The maximum Gasteiger partial charge on any atom is 0.164 e. The Kier molecular flexibility index (Phi) is 9.67. The molecular weight excluding hydrogens is 881 g/mol. The maximum absolute atomic E-state index is 5.35. The van der Waals surface area contributed by atoms with Crippen molar-refractivity contribution in [2.45, 2.75) is 0 Å². The van der Waals surface area contributed by atoms with Gasteiger partial charge in [0, 0.05) is 56.9 Å². The van der Waals surface area contributed by atoms with Gasteiger partial charge in [0.05, 0.1) is 11.4 Å². The number of nitrogens with zero attached hydrogens (tertiary/aromatic N) is 8. The Bertz CT molecular complexity index is 4200. The molecule has 0 fully saturated rings. The van der Waals surface area contributed by atoms with E-state index in [1.165, 1.54) is 0 Å². The third-order valence-electron chi connectivity index (χ3n) is 13.6. The Morgan fingerprint density at radius 2 is 0.583 bits per heavy atom. The van der Waals surface area contributed by atoms with Crippen LogP contribution in [0.25, 0.3) is 145 Å². The van der Waals surface area contributed by atoms with E-state index in [4.69, 9.17) is 29.9 Å². The first-order chi connectivity index (χ1) is 35.7. The Labute approximate surface area is 413 Å². The molecule has 0 aliphatic heterocycles. The van der Waals surface area contributed by atoms with Crippen molar-refractivity contribution in [2.75, 3.05) is 0 Å². The number of aromatic nitrogens is 8. The molecule has 0 spiro atoms. The van der Waals surface area contributed by atoms with E-state index in [1.54, 1.807) is 0 Å². The van der Waals surface area contributed by atoms with Gasteiger partial charge >= 0.3 is 0 Å². The smallest absolute Gasteiger partial charge is 0.164 e. The summed E-state index contributed by atoms with van der Waals surface area (Å²) in [6, 6.07) is 75.2. The summed E-state index contributed by atoms with van der Waals surface area (Å²) in [4.78, 5) is 41.0. The van der Waals surface area contributed by atoms with E-state index >= 15 is 0 Å². The minimum atomic E-state index is 0.558. The van der Waals surface area contributed by atoms with Gasteiger partial charge in [-0.25, -0.2) is 29.9 Å². The highest BCUT2D eigenvalue weighted by atomic mass is 15.0. The second-order valence-electron chi connectivity index (χ2n) is 17.9. The van der Waals surface area contributed by atoms with Gasteiger partial charge in [0.15, 0.2) is 34.9 Å². The van der Waals surface area contributed by atoms with Gasteiger partial charge in [-0.05, 0) is 102 Å². The van der Waals surface area contributed by atoms with Crippen molar-refractivity contribution in [1.82, 2.24) is 39.9 Å². The second-order valence-corrected chi connectivity index (χ2v) is 17.9. The SMILES string of the molecule is c1ccc(-c2cccc(-c3nc(-c4cccc(-c5ccccn5)c4)nc(-c4ccc5ccc6c(-c7nc(-c8cccc9ccccc89)nc(-c8cccc9ccccc89)n7)ccc7ccc4c5c76)n3)c2)nc1. The normalized spacial score (nSPS) is 11.6. The summed E-state index contributed by atoms with van der Waals surface area (Å²) in [5, 5.41) is 10.9. The van der Waals surface area contributed by atoms with E-state index < -0.39 is 0 Å². The molecule has 0 aliphatic rings. The standard InChI is InChI=1S/C64H38N8/c1-3-21-47-39(13-1)15-11-23-51(47)61-70-62(52-24-12-16-40-14-2-4-22-48(40)52)72-64(71-61)54-34-30-42-27-31-49-53(33-29-41-28-32-50(54)58(42)57(41)49)63-68-59(45-19-9-17-43(37-45)55-25-5-7-35-65-55)67-60(69-63)46-20-10-18-44(38-46)56-26-6-8-36-66-56/h1-38H. The van der Waals surface area contributed by atoms with Crippen molar-refractivity contribution in [1.29, 1.82) is 0 Å². The molecule has 10 aromatic carbocycles. The summed E-state index contributed by atoms with van der Waals surface area (Å²) in [5.74, 6) is 3.51. The van der Waals surface area contributed by atoms with Crippen molar-refractivity contribution >= 4 is 53.9 Å². The van der Waals surface area contributed by atoms with Crippen LogP contribution < -0.4 is 0 Å². The molecule has 4 aromatic heterocycles. The number of hydrogen-bond donors (Lipinski definition) is 0. The topological polar surface area (TPSA) is 103 Å². The van der Waals surface area contributed by atoms with E-state index in [1.807, 2.05) is 73.1 Å². The van der Waals surface area contributed by atoms with Gasteiger partial charge in [-0.1, -0.05) is 170 Å². The van der Waals surface area contributed by atoms with Crippen LogP contribution in [0.4, 0.5) is 0 Å². The molecule has 0 N–H and O–H groups in total. The van der Waals surface area contributed by atoms with Crippen molar-refractivity contribution in [3.05, 3.63) is 231 Å². The Morgan fingerprint density at radius 1 is 0.222 bits per heavy atom. The zero-order valence-electron chi connectivity index (χ0n) is 38.5. The molecule has 0 saturated carbocycles. The zero-order valence-corrected chi connectivity index (χ0v) is 38.5. The van der Waals surface area contributed by atoms with Crippen LogP contribution >= 0.6 is 0 Å². The molecular formula is C64H38N8. The molecule has 0 bridgehead atoms. The summed E-state index contributed by atoms with van der Waals surface area (Å²) in [7, 11) is 0. The van der Waals surface area contributed by atoms with E-state index in [0.29, 0.717) is 34.9 Å². The molecule has 0 amide bonds. The van der Waals surface area contributed by atoms with Gasteiger partial charge in [0.25, 0.3) is 0 Å². The van der Waals surface area contributed by atoms with Gasteiger partial charge in [0.2, 0.25) is 0 Å². The minimum absolute atomic E-state index is 0.558. The van der Waals surface area contributed by atoms with E-state index in [-0.39, 0.29) is 0 Å². The summed E-state index contributed by atoms with van der Waals surface area (Å²) in [6.45, 7) is 0. The van der Waals surface area contributed by atoms with Gasteiger partial charge in [-0.2, -0.15) is 0 Å². The monoisotopic (exact) mass is 918 g/mol. The third-order valence-corrected chi connectivity index (χ3v) is 13.6.